The fourth-order valence-corrected chi connectivity index (χ4v) is 1.09. The maximum atomic E-state index is 5.37. The Bertz CT molecular complexity index is 292. The average Bonchev–Trinajstić information content (AvgIpc) is 2.19. The van der Waals surface area contributed by atoms with Gasteiger partial charge in [-0.1, -0.05) is 18.7 Å². The largest absolute Gasteiger partial charge is 0.493 e. The fourth-order valence-electron chi connectivity index (χ4n) is 1.09. The van der Waals surface area contributed by atoms with Gasteiger partial charge in [0, 0.05) is 0 Å². The molecule has 0 heterocycles. The van der Waals surface area contributed by atoms with Crippen molar-refractivity contribution in [2.45, 2.75) is 6.92 Å². The normalized spacial score (nSPS) is 9.38. The van der Waals surface area contributed by atoms with Crippen LogP contribution in [0.5, 0.6) is 11.5 Å². The molecule has 0 bridgehead atoms. The van der Waals surface area contributed by atoms with Gasteiger partial charge in [-0.25, -0.2) is 0 Å². The number of methoxy groups -OCH3 is 1. The zero-order valence-corrected chi connectivity index (χ0v) is 8.04. The van der Waals surface area contributed by atoms with Gasteiger partial charge in [-0.15, -0.1) is 0 Å². The molecule has 0 N–H and O–H groups in total. The van der Waals surface area contributed by atoms with E-state index >= 15 is 0 Å². The molecule has 1 aromatic rings. The molecule has 0 aromatic heterocycles. The SMILES string of the molecule is C=Cc1ccc(OCC)c(OC)c1. The van der Waals surface area contributed by atoms with E-state index in [1.54, 1.807) is 13.2 Å². The van der Waals surface area contributed by atoms with Gasteiger partial charge >= 0.3 is 0 Å². The molecule has 0 saturated heterocycles. The summed E-state index contributed by atoms with van der Waals surface area (Å²) in [5.74, 6) is 1.52. The van der Waals surface area contributed by atoms with Crippen molar-refractivity contribution in [3.05, 3.63) is 30.3 Å². The second kappa shape index (κ2) is 4.55. The first kappa shape index (κ1) is 9.65. The van der Waals surface area contributed by atoms with Crippen molar-refractivity contribution in [3.63, 3.8) is 0 Å². The third kappa shape index (κ3) is 2.25. The maximum Gasteiger partial charge on any atom is 0.161 e. The predicted octanol–water partition coefficient (Wildman–Crippen LogP) is 2.74. The summed E-state index contributed by atoms with van der Waals surface area (Å²) in [7, 11) is 1.63. The summed E-state index contributed by atoms with van der Waals surface area (Å²) in [5.41, 5.74) is 1.03. The monoisotopic (exact) mass is 178 g/mol. The molecule has 0 aliphatic rings. The quantitative estimate of drug-likeness (QED) is 0.705. The summed E-state index contributed by atoms with van der Waals surface area (Å²) in [6.45, 7) is 6.27. The van der Waals surface area contributed by atoms with E-state index in [9.17, 15) is 0 Å². The Hall–Kier alpha value is -1.44. The molecule has 1 aromatic carbocycles. The first-order valence-corrected chi connectivity index (χ1v) is 4.25. The molecule has 0 radical (unpaired) electrons. The Morgan fingerprint density at radius 3 is 2.69 bits per heavy atom. The van der Waals surface area contributed by atoms with Gasteiger partial charge in [0.2, 0.25) is 0 Å². The van der Waals surface area contributed by atoms with E-state index in [1.807, 2.05) is 25.1 Å². The molecular weight excluding hydrogens is 164 g/mol. The third-order valence-electron chi connectivity index (χ3n) is 1.72. The maximum absolute atomic E-state index is 5.37. The molecule has 0 atom stereocenters. The van der Waals surface area contributed by atoms with Gasteiger partial charge in [-0.05, 0) is 24.6 Å². The van der Waals surface area contributed by atoms with E-state index in [0.717, 1.165) is 17.1 Å². The van der Waals surface area contributed by atoms with E-state index in [2.05, 4.69) is 6.58 Å². The number of rotatable bonds is 4. The van der Waals surface area contributed by atoms with E-state index in [0.29, 0.717) is 6.61 Å². The highest BCUT2D eigenvalue weighted by molar-refractivity contribution is 5.54. The van der Waals surface area contributed by atoms with Gasteiger partial charge in [0.05, 0.1) is 13.7 Å². The molecule has 0 spiro atoms. The molecule has 0 amide bonds. The van der Waals surface area contributed by atoms with Crippen LogP contribution in [0.15, 0.2) is 24.8 Å². The van der Waals surface area contributed by atoms with Crippen molar-refractivity contribution < 1.29 is 9.47 Å². The number of hydrogen-bond donors (Lipinski definition) is 0. The number of hydrogen-bond acceptors (Lipinski definition) is 2. The van der Waals surface area contributed by atoms with Crippen molar-refractivity contribution in [1.82, 2.24) is 0 Å². The van der Waals surface area contributed by atoms with E-state index in [4.69, 9.17) is 9.47 Å². The summed E-state index contributed by atoms with van der Waals surface area (Å²) < 4.78 is 10.5. The second-order valence-corrected chi connectivity index (χ2v) is 2.55. The molecule has 13 heavy (non-hydrogen) atoms. The molecule has 70 valence electrons. The smallest absolute Gasteiger partial charge is 0.161 e. The number of benzene rings is 1. The summed E-state index contributed by atoms with van der Waals surface area (Å²) in [6, 6.07) is 5.73. The predicted molar refractivity (Wildman–Crippen MR) is 54.3 cm³/mol. The molecule has 0 fully saturated rings. The molecule has 0 aliphatic heterocycles. The Morgan fingerprint density at radius 1 is 1.38 bits per heavy atom. The van der Waals surface area contributed by atoms with Gasteiger partial charge in [-0.3, -0.25) is 0 Å². The Kier molecular flexibility index (Phi) is 3.38. The van der Waals surface area contributed by atoms with Crippen molar-refractivity contribution in [3.8, 4) is 11.5 Å². The molecular formula is C11H14O2. The van der Waals surface area contributed by atoms with Gasteiger partial charge in [0.25, 0.3) is 0 Å². The summed E-state index contributed by atoms with van der Waals surface area (Å²) in [4.78, 5) is 0. The second-order valence-electron chi connectivity index (χ2n) is 2.55. The van der Waals surface area contributed by atoms with Gasteiger partial charge in [0.15, 0.2) is 11.5 Å². The van der Waals surface area contributed by atoms with Crippen molar-refractivity contribution in [2.75, 3.05) is 13.7 Å². The van der Waals surface area contributed by atoms with Crippen LogP contribution in [0.25, 0.3) is 6.08 Å². The minimum Gasteiger partial charge on any atom is -0.493 e. The van der Waals surface area contributed by atoms with Crippen LogP contribution in [-0.4, -0.2) is 13.7 Å². The van der Waals surface area contributed by atoms with E-state index in [-0.39, 0.29) is 0 Å². The lowest BCUT2D eigenvalue weighted by atomic mass is 10.2. The van der Waals surface area contributed by atoms with Crippen LogP contribution in [0.1, 0.15) is 12.5 Å². The lowest BCUT2D eigenvalue weighted by Crippen LogP contribution is -1.95. The zero-order valence-electron chi connectivity index (χ0n) is 8.04. The third-order valence-corrected chi connectivity index (χ3v) is 1.72. The highest BCUT2D eigenvalue weighted by Crippen LogP contribution is 2.28. The average molecular weight is 178 g/mol. The Labute approximate surface area is 78.8 Å². The fraction of sp³-hybridized carbons (Fsp3) is 0.273. The molecule has 1 rings (SSSR count). The van der Waals surface area contributed by atoms with Crippen molar-refractivity contribution in [1.29, 1.82) is 0 Å². The molecule has 0 aliphatic carbocycles. The lowest BCUT2D eigenvalue weighted by molar-refractivity contribution is 0.311. The van der Waals surface area contributed by atoms with Crippen LogP contribution in [0.3, 0.4) is 0 Å². The van der Waals surface area contributed by atoms with Gasteiger partial charge in [0.1, 0.15) is 0 Å². The van der Waals surface area contributed by atoms with Crippen LogP contribution in [0, 0.1) is 0 Å². The zero-order chi connectivity index (χ0) is 9.68. The minimum atomic E-state index is 0.643. The highest BCUT2D eigenvalue weighted by atomic mass is 16.5. The highest BCUT2D eigenvalue weighted by Gasteiger charge is 2.02. The van der Waals surface area contributed by atoms with Crippen LogP contribution in [0.2, 0.25) is 0 Å². The minimum absolute atomic E-state index is 0.643. The first-order chi connectivity index (χ1) is 6.31. The Morgan fingerprint density at radius 2 is 2.15 bits per heavy atom. The van der Waals surface area contributed by atoms with E-state index in [1.165, 1.54) is 0 Å². The van der Waals surface area contributed by atoms with Crippen molar-refractivity contribution >= 4 is 6.08 Å². The molecule has 0 saturated carbocycles. The lowest BCUT2D eigenvalue weighted by Gasteiger charge is -2.09. The summed E-state index contributed by atoms with van der Waals surface area (Å²) in [6.07, 6.45) is 1.78. The van der Waals surface area contributed by atoms with Crippen LogP contribution in [0.4, 0.5) is 0 Å². The standard InChI is InChI=1S/C11H14O2/c1-4-9-6-7-10(13-5-2)11(8-9)12-3/h4,6-8H,1,5H2,2-3H3. The van der Waals surface area contributed by atoms with Crippen LogP contribution in [-0.2, 0) is 0 Å². The molecule has 0 unspecified atom stereocenters. The summed E-state index contributed by atoms with van der Waals surface area (Å²) in [5, 5.41) is 0. The molecule has 2 nitrogen and oxygen atoms in total. The summed E-state index contributed by atoms with van der Waals surface area (Å²) >= 11 is 0. The number of ether oxygens (including phenoxy) is 2. The topological polar surface area (TPSA) is 18.5 Å². The van der Waals surface area contributed by atoms with Gasteiger partial charge < -0.3 is 9.47 Å². The van der Waals surface area contributed by atoms with Crippen LogP contribution >= 0.6 is 0 Å². The molecule has 2 heteroatoms. The van der Waals surface area contributed by atoms with Crippen LogP contribution < -0.4 is 9.47 Å². The van der Waals surface area contributed by atoms with E-state index < -0.39 is 0 Å². The van der Waals surface area contributed by atoms with Gasteiger partial charge in [-0.2, -0.15) is 0 Å². The Balaban J connectivity index is 3.00. The first-order valence-electron chi connectivity index (χ1n) is 4.25. The van der Waals surface area contributed by atoms with Crippen molar-refractivity contribution in [2.24, 2.45) is 0 Å².